The third kappa shape index (κ3) is 6.20. The number of hydrogen-bond donors (Lipinski definition) is 1. The lowest BCUT2D eigenvalue weighted by Gasteiger charge is -2.18. The standard InChI is InChI=1S/C18H21F3N2O6/c1-3-4-5-6-7-27-13-8-15(29-14(13)10-28-11(2)24)23-9-12(18(19,20)21)16(25)22-17(23)26/h9,13-15H,3-4,7-8,10H2,1-2H3,(H,22,25,26)/t13-,14+,15+/m0/s1. The highest BCUT2D eigenvalue weighted by Crippen LogP contribution is 2.32. The molecule has 0 bridgehead atoms. The zero-order valence-corrected chi connectivity index (χ0v) is 15.9. The van der Waals surface area contributed by atoms with E-state index in [4.69, 9.17) is 14.2 Å². The van der Waals surface area contributed by atoms with Crippen LogP contribution in [0.5, 0.6) is 0 Å². The van der Waals surface area contributed by atoms with Gasteiger partial charge in [0, 0.05) is 26.0 Å². The number of nitrogens with zero attached hydrogens (tertiary/aromatic N) is 1. The molecule has 0 amide bonds. The first-order valence-corrected chi connectivity index (χ1v) is 8.92. The molecule has 0 radical (unpaired) electrons. The number of hydrogen-bond acceptors (Lipinski definition) is 6. The van der Waals surface area contributed by atoms with E-state index in [1.807, 2.05) is 6.92 Å². The quantitative estimate of drug-likeness (QED) is 0.557. The second kappa shape index (κ2) is 9.76. The van der Waals surface area contributed by atoms with Gasteiger partial charge in [-0.25, -0.2) is 4.79 Å². The van der Waals surface area contributed by atoms with Crippen LogP contribution in [0.25, 0.3) is 0 Å². The van der Waals surface area contributed by atoms with Crippen LogP contribution in [-0.4, -0.2) is 40.9 Å². The minimum absolute atomic E-state index is 0.00460. The summed E-state index contributed by atoms with van der Waals surface area (Å²) in [4.78, 5) is 36.2. The zero-order valence-electron chi connectivity index (χ0n) is 15.9. The Morgan fingerprint density at radius 2 is 2.10 bits per heavy atom. The number of unbranched alkanes of at least 4 members (excludes halogenated alkanes) is 1. The van der Waals surface area contributed by atoms with Crippen molar-refractivity contribution in [3.05, 3.63) is 32.6 Å². The number of esters is 1. The Bertz CT molecular complexity index is 896. The lowest BCUT2D eigenvalue weighted by Crippen LogP contribution is -2.36. The van der Waals surface area contributed by atoms with Crippen molar-refractivity contribution in [2.24, 2.45) is 0 Å². The Morgan fingerprint density at radius 1 is 1.38 bits per heavy atom. The number of carbonyl (C=O) groups excluding carboxylic acids is 1. The number of aromatic amines is 1. The second-order valence-electron chi connectivity index (χ2n) is 6.33. The van der Waals surface area contributed by atoms with Crippen LogP contribution < -0.4 is 11.2 Å². The lowest BCUT2D eigenvalue weighted by molar-refractivity contribution is -0.148. The molecule has 1 fully saturated rings. The average molecular weight is 418 g/mol. The van der Waals surface area contributed by atoms with Gasteiger partial charge >= 0.3 is 17.8 Å². The molecule has 1 aliphatic rings. The Morgan fingerprint density at radius 3 is 2.72 bits per heavy atom. The smallest absolute Gasteiger partial charge is 0.423 e. The Labute approximate surface area is 164 Å². The van der Waals surface area contributed by atoms with Crippen molar-refractivity contribution in [1.82, 2.24) is 9.55 Å². The van der Waals surface area contributed by atoms with Crippen LogP contribution in [0, 0.1) is 11.8 Å². The molecule has 0 aliphatic carbocycles. The highest BCUT2D eigenvalue weighted by atomic mass is 19.4. The summed E-state index contributed by atoms with van der Waals surface area (Å²) in [5.41, 5.74) is -4.11. The maximum Gasteiger partial charge on any atom is 0.423 e. The van der Waals surface area contributed by atoms with E-state index in [0.29, 0.717) is 17.2 Å². The van der Waals surface area contributed by atoms with Gasteiger partial charge in [0.1, 0.15) is 31.1 Å². The summed E-state index contributed by atoms with van der Waals surface area (Å²) in [6.07, 6.45) is -5.58. The van der Waals surface area contributed by atoms with E-state index in [0.717, 1.165) is 6.42 Å². The van der Waals surface area contributed by atoms with Crippen molar-refractivity contribution in [3.8, 4) is 11.8 Å². The van der Waals surface area contributed by atoms with Crippen LogP contribution >= 0.6 is 0 Å². The number of carbonyl (C=O) groups is 1. The van der Waals surface area contributed by atoms with Gasteiger partial charge < -0.3 is 14.2 Å². The monoisotopic (exact) mass is 418 g/mol. The Kier molecular flexibility index (Phi) is 7.64. The van der Waals surface area contributed by atoms with Crippen molar-refractivity contribution >= 4 is 5.97 Å². The molecule has 0 saturated carbocycles. The molecule has 3 atom stereocenters. The first-order chi connectivity index (χ1) is 13.6. The largest absolute Gasteiger partial charge is 0.463 e. The van der Waals surface area contributed by atoms with Crippen molar-refractivity contribution < 1.29 is 32.2 Å². The van der Waals surface area contributed by atoms with Gasteiger partial charge in [-0.3, -0.25) is 19.1 Å². The third-order valence-electron chi connectivity index (χ3n) is 4.08. The van der Waals surface area contributed by atoms with Gasteiger partial charge in [0.15, 0.2) is 0 Å². The molecule has 1 aromatic rings. The van der Waals surface area contributed by atoms with Gasteiger partial charge in [-0.15, -0.1) is 5.92 Å². The molecular formula is C18H21F3N2O6. The number of aromatic nitrogens is 2. The molecule has 2 rings (SSSR count). The summed E-state index contributed by atoms with van der Waals surface area (Å²) in [7, 11) is 0. The molecular weight excluding hydrogens is 397 g/mol. The van der Waals surface area contributed by atoms with Crippen LogP contribution in [0.2, 0.25) is 0 Å². The Hall–Kier alpha value is -2.58. The first kappa shape index (κ1) is 22.7. The van der Waals surface area contributed by atoms with Gasteiger partial charge in [0.25, 0.3) is 5.56 Å². The summed E-state index contributed by atoms with van der Waals surface area (Å²) in [5.74, 6) is 5.12. The number of halogens is 3. The van der Waals surface area contributed by atoms with Crippen molar-refractivity contribution in [2.75, 3.05) is 13.2 Å². The van der Waals surface area contributed by atoms with Crippen LogP contribution in [-0.2, 0) is 25.2 Å². The maximum atomic E-state index is 13.0. The number of nitrogens with one attached hydrogen (secondary N) is 1. The lowest BCUT2D eigenvalue weighted by atomic mass is 10.2. The zero-order chi connectivity index (χ0) is 21.6. The van der Waals surface area contributed by atoms with E-state index in [1.165, 1.54) is 6.92 Å². The van der Waals surface area contributed by atoms with E-state index in [9.17, 15) is 27.6 Å². The molecule has 1 aromatic heterocycles. The first-order valence-electron chi connectivity index (χ1n) is 8.92. The van der Waals surface area contributed by atoms with Crippen molar-refractivity contribution in [2.45, 2.75) is 57.7 Å². The van der Waals surface area contributed by atoms with Crippen LogP contribution in [0.15, 0.2) is 15.8 Å². The minimum atomic E-state index is -4.94. The predicted octanol–water partition coefficient (Wildman–Crippen LogP) is 1.59. The van der Waals surface area contributed by atoms with E-state index in [-0.39, 0.29) is 19.6 Å². The van der Waals surface area contributed by atoms with Gasteiger partial charge in [-0.2, -0.15) is 13.2 Å². The van der Waals surface area contributed by atoms with Gasteiger partial charge in [0.2, 0.25) is 0 Å². The minimum Gasteiger partial charge on any atom is -0.463 e. The molecule has 2 heterocycles. The number of alkyl halides is 3. The fraction of sp³-hybridized carbons (Fsp3) is 0.611. The third-order valence-corrected chi connectivity index (χ3v) is 4.08. The normalized spacial score (nSPS) is 21.5. The molecule has 0 unspecified atom stereocenters. The highest BCUT2D eigenvalue weighted by Gasteiger charge is 2.40. The molecule has 160 valence electrons. The van der Waals surface area contributed by atoms with E-state index >= 15 is 0 Å². The summed E-state index contributed by atoms with van der Waals surface area (Å²) in [5, 5.41) is 0. The van der Waals surface area contributed by atoms with E-state index < -0.39 is 47.4 Å². The van der Waals surface area contributed by atoms with E-state index in [1.54, 1.807) is 4.98 Å². The van der Waals surface area contributed by atoms with Gasteiger partial charge in [0.05, 0.1) is 6.10 Å². The summed E-state index contributed by atoms with van der Waals surface area (Å²) >= 11 is 0. The highest BCUT2D eigenvalue weighted by molar-refractivity contribution is 5.65. The molecule has 8 nitrogen and oxygen atoms in total. The number of ether oxygens (including phenoxy) is 3. The molecule has 1 N–H and O–H groups in total. The Balaban J connectivity index is 2.23. The van der Waals surface area contributed by atoms with Crippen molar-refractivity contribution in [1.29, 1.82) is 0 Å². The number of rotatable bonds is 6. The SMILES string of the molecule is CCCC#CCO[C@H]1C[C@H](n2cc(C(F)(F)F)c(=O)[nH]c2=O)O[C@@H]1COC(C)=O. The summed E-state index contributed by atoms with van der Waals surface area (Å²) in [6, 6.07) is 0. The molecule has 1 aliphatic heterocycles. The van der Waals surface area contributed by atoms with Crippen LogP contribution in [0.1, 0.15) is 44.9 Å². The fourth-order valence-corrected chi connectivity index (χ4v) is 2.71. The molecule has 0 spiro atoms. The molecule has 11 heteroatoms. The predicted molar refractivity (Wildman–Crippen MR) is 93.9 cm³/mol. The number of H-pyrrole nitrogens is 1. The van der Waals surface area contributed by atoms with Gasteiger partial charge in [-0.1, -0.05) is 12.8 Å². The summed E-state index contributed by atoms with van der Waals surface area (Å²) in [6.45, 7) is 3.01. The topological polar surface area (TPSA) is 99.6 Å². The fourth-order valence-electron chi connectivity index (χ4n) is 2.71. The van der Waals surface area contributed by atoms with Gasteiger partial charge in [-0.05, 0) is 6.42 Å². The second-order valence-corrected chi connectivity index (χ2v) is 6.33. The maximum absolute atomic E-state index is 13.0. The van der Waals surface area contributed by atoms with E-state index in [2.05, 4.69) is 11.8 Å². The van der Waals surface area contributed by atoms with Crippen LogP contribution in [0.4, 0.5) is 13.2 Å². The molecule has 0 aromatic carbocycles. The average Bonchev–Trinajstić information content (AvgIpc) is 3.01. The summed E-state index contributed by atoms with van der Waals surface area (Å²) < 4.78 is 55.8. The van der Waals surface area contributed by atoms with Crippen molar-refractivity contribution in [3.63, 3.8) is 0 Å². The molecule has 29 heavy (non-hydrogen) atoms. The van der Waals surface area contributed by atoms with Crippen LogP contribution in [0.3, 0.4) is 0 Å². The molecule has 1 saturated heterocycles.